The van der Waals surface area contributed by atoms with Crippen molar-refractivity contribution in [1.29, 1.82) is 0 Å². The predicted molar refractivity (Wildman–Crippen MR) is 96.0 cm³/mol. The van der Waals surface area contributed by atoms with E-state index in [4.69, 9.17) is 11.6 Å². The molecule has 106 valence electrons. The summed E-state index contributed by atoms with van der Waals surface area (Å²) in [5.74, 6) is 0. The summed E-state index contributed by atoms with van der Waals surface area (Å²) in [5.41, 5.74) is 1.92. The Morgan fingerprint density at radius 1 is 0.773 bits per heavy atom. The first-order valence-corrected chi connectivity index (χ1v) is 8.14. The van der Waals surface area contributed by atoms with E-state index in [1.165, 1.54) is 0 Å². The van der Waals surface area contributed by atoms with Crippen LogP contribution >= 0.6 is 22.9 Å². The van der Waals surface area contributed by atoms with Crippen LogP contribution in [0.15, 0.2) is 71.5 Å². The van der Waals surface area contributed by atoms with Gasteiger partial charge in [-0.3, -0.25) is 4.79 Å². The zero-order chi connectivity index (χ0) is 15.1. The molecule has 1 nitrogen and oxygen atoms in total. The minimum absolute atomic E-state index is 0.00660. The van der Waals surface area contributed by atoms with E-state index in [0.29, 0.717) is 10.4 Å². The largest absolute Gasteiger partial charge is 0.288 e. The van der Waals surface area contributed by atoms with Crippen LogP contribution in [0.25, 0.3) is 31.3 Å². The highest BCUT2D eigenvalue weighted by Gasteiger charge is 2.13. The van der Waals surface area contributed by atoms with Gasteiger partial charge in [0.1, 0.15) is 0 Å². The van der Waals surface area contributed by atoms with Gasteiger partial charge in [0.25, 0.3) is 0 Å². The fourth-order valence-electron chi connectivity index (χ4n) is 2.69. The van der Waals surface area contributed by atoms with Crippen LogP contribution in [0.1, 0.15) is 0 Å². The molecule has 0 aliphatic heterocycles. The lowest BCUT2D eigenvalue weighted by Gasteiger charge is -2.08. The Labute approximate surface area is 136 Å². The molecule has 4 aromatic rings. The van der Waals surface area contributed by atoms with Crippen molar-refractivity contribution in [3.63, 3.8) is 0 Å². The van der Waals surface area contributed by atoms with Gasteiger partial charge in [-0.05, 0) is 23.8 Å². The first-order valence-electron chi connectivity index (χ1n) is 6.95. The second kappa shape index (κ2) is 5.24. The summed E-state index contributed by atoms with van der Waals surface area (Å²) in [4.78, 5) is 12.8. The van der Waals surface area contributed by atoms with Gasteiger partial charge in [-0.25, -0.2) is 0 Å². The quantitative estimate of drug-likeness (QED) is 0.409. The van der Waals surface area contributed by atoms with Crippen molar-refractivity contribution in [3.05, 3.63) is 82.0 Å². The molecule has 0 fully saturated rings. The van der Waals surface area contributed by atoms with Gasteiger partial charge in [0.15, 0.2) is 5.43 Å². The number of rotatable bonds is 1. The highest BCUT2D eigenvalue weighted by molar-refractivity contribution is 7.24. The van der Waals surface area contributed by atoms with E-state index < -0.39 is 0 Å². The SMILES string of the molecule is O=c1c2ccccc2sc2ccc(-c3ccccc3)c(Cl)c12. The van der Waals surface area contributed by atoms with E-state index in [1.54, 1.807) is 11.3 Å². The zero-order valence-corrected chi connectivity index (χ0v) is 13.1. The van der Waals surface area contributed by atoms with Gasteiger partial charge in [-0.1, -0.05) is 60.1 Å². The average Bonchev–Trinajstić information content (AvgIpc) is 2.56. The normalized spacial score (nSPS) is 11.1. The molecule has 0 saturated carbocycles. The predicted octanol–water partition coefficient (Wildman–Crippen LogP) is 5.74. The van der Waals surface area contributed by atoms with Crippen LogP contribution in [0.2, 0.25) is 5.02 Å². The minimum Gasteiger partial charge on any atom is -0.288 e. The Balaban J connectivity index is 2.13. The van der Waals surface area contributed by atoms with E-state index in [0.717, 1.165) is 25.9 Å². The van der Waals surface area contributed by atoms with Gasteiger partial charge in [0, 0.05) is 20.3 Å². The van der Waals surface area contributed by atoms with E-state index in [-0.39, 0.29) is 5.43 Å². The van der Waals surface area contributed by atoms with Gasteiger partial charge in [0.05, 0.1) is 10.4 Å². The third kappa shape index (κ3) is 2.04. The van der Waals surface area contributed by atoms with Crippen LogP contribution in [0, 0.1) is 0 Å². The third-order valence-electron chi connectivity index (χ3n) is 3.77. The molecule has 1 heterocycles. The molecule has 0 N–H and O–H groups in total. The van der Waals surface area contributed by atoms with Crippen molar-refractivity contribution in [1.82, 2.24) is 0 Å². The van der Waals surface area contributed by atoms with Crippen LogP contribution in [0.4, 0.5) is 0 Å². The average molecular weight is 323 g/mol. The molecule has 0 atom stereocenters. The lowest BCUT2D eigenvalue weighted by atomic mass is 10.0. The molecule has 0 saturated heterocycles. The van der Waals surface area contributed by atoms with E-state index >= 15 is 0 Å². The summed E-state index contributed by atoms with van der Waals surface area (Å²) in [6.07, 6.45) is 0. The van der Waals surface area contributed by atoms with Crippen molar-refractivity contribution >= 4 is 43.1 Å². The fourth-order valence-corrected chi connectivity index (χ4v) is 4.19. The van der Waals surface area contributed by atoms with Crippen molar-refractivity contribution in [3.8, 4) is 11.1 Å². The molecule has 0 unspecified atom stereocenters. The maximum Gasteiger partial charge on any atom is 0.197 e. The Kier molecular flexibility index (Phi) is 3.21. The Morgan fingerprint density at radius 3 is 2.32 bits per heavy atom. The summed E-state index contributed by atoms with van der Waals surface area (Å²) in [6, 6.07) is 21.6. The molecule has 1 aromatic heterocycles. The van der Waals surface area contributed by atoms with Gasteiger partial charge in [-0.15, -0.1) is 11.3 Å². The smallest absolute Gasteiger partial charge is 0.197 e. The molecule has 0 spiro atoms. The van der Waals surface area contributed by atoms with E-state index in [1.807, 2.05) is 66.7 Å². The van der Waals surface area contributed by atoms with Crippen LogP contribution in [-0.4, -0.2) is 0 Å². The second-order valence-corrected chi connectivity index (χ2v) is 6.56. The first kappa shape index (κ1) is 13.5. The van der Waals surface area contributed by atoms with Gasteiger partial charge >= 0.3 is 0 Å². The molecular formula is C19H11ClOS. The van der Waals surface area contributed by atoms with E-state index in [9.17, 15) is 4.79 Å². The van der Waals surface area contributed by atoms with Crippen molar-refractivity contribution < 1.29 is 0 Å². The van der Waals surface area contributed by atoms with Crippen LogP contribution in [0.5, 0.6) is 0 Å². The summed E-state index contributed by atoms with van der Waals surface area (Å²) in [5, 5.41) is 1.88. The summed E-state index contributed by atoms with van der Waals surface area (Å²) >= 11 is 8.19. The van der Waals surface area contributed by atoms with Gasteiger partial charge in [-0.2, -0.15) is 0 Å². The standard InChI is InChI=1S/C19H11ClOS/c20-18-13(12-6-2-1-3-7-12)10-11-16-17(18)19(21)14-8-4-5-9-15(14)22-16/h1-11H. The number of fused-ring (bicyclic) bond motifs is 2. The second-order valence-electron chi connectivity index (χ2n) is 5.09. The lowest BCUT2D eigenvalue weighted by Crippen LogP contribution is -2.02. The van der Waals surface area contributed by atoms with Crippen molar-refractivity contribution in [2.75, 3.05) is 0 Å². The summed E-state index contributed by atoms with van der Waals surface area (Å²) in [7, 11) is 0. The summed E-state index contributed by atoms with van der Waals surface area (Å²) < 4.78 is 1.91. The van der Waals surface area contributed by atoms with Gasteiger partial charge in [0.2, 0.25) is 0 Å². The Hall–Kier alpha value is -2.16. The van der Waals surface area contributed by atoms with Crippen LogP contribution < -0.4 is 5.43 Å². The maximum absolute atomic E-state index is 12.8. The molecule has 0 radical (unpaired) electrons. The Morgan fingerprint density at radius 2 is 1.50 bits per heavy atom. The topological polar surface area (TPSA) is 17.1 Å². The highest BCUT2D eigenvalue weighted by atomic mass is 35.5. The van der Waals surface area contributed by atoms with Crippen LogP contribution in [0.3, 0.4) is 0 Å². The Bertz CT molecular complexity index is 1050. The maximum atomic E-state index is 12.8. The van der Waals surface area contributed by atoms with Crippen molar-refractivity contribution in [2.45, 2.75) is 0 Å². The molecule has 0 amide bonds. The number of benzene rings is 3. The lowest BCUT2D eigenvalue weighted by molar-refractivity contribution is 1.64. The monoisotopic (exact) mass is 322 g/mol. The number of hydrogen-bond acceptors (Lipinski definition) is 2. The van der Waals surface area contributed by atoms with Crippen LogP contribution in [-0.2, 0) is 0 Å². The van der Waals surface area contributed by atoms with E-state index in [2.05, 4.69) is 0 Å². The molecule has 3 aromatic carbocycles. The minimum atomic E-state index is 0.00660. The molecule has 0 bridgehead atoms. The highest BCUT2D eigenvalue weighted by Crippen LogP contribution is 2.35. The molecule has 0 aliphatic carbocycles. The third-order valence-corrected chi connectivity index (χ3v) is 5.30. The molecule has 0 aliphatic rings. The molecule has 22 heavy (non-hydrogen) atoms. The van der Waals surface area contributed by atoms with Crippen molar-refractivity contribution in [2.24, 2.45) is 0 Å². The zero-order valence-electron chi connectivity index (χ0n) is 11.5. The first-order chi connectivity index (χ1) is 10.8. The number of halogens is 1. The fraction of sp³-hybridized carbons (Fsp3) is 0. The molecule has 3 heteroatoms. The molecule has 4 rings (SSSR count). The molecular weight excluding hydrogens is 312 g/mol. The van der Waals surface area contributed by atoms with Gasteiger partial charge < -0.3 is 0 Å². The number of hydrogen-bond donors (Lipinski definition) is 0. The summed E-state index contributed by atoms with van der Waals surface area (Å²) in [6.45, 7) is 0.